The van der Waals surface area contributed by atoms with Crippen LogP contribution in [-0.4, -0.2) is 13.2 Å². The van der Waals surface area contributed by atoms with Gasteiger partial charge in [0.25, 0.3) is 0 Å². The molecule has 0 spiro atoms. The molecule has 0 atom stereocenters. The second-order valence-electron chi connectivity index (χ2n) is 4.16. The third-order valence-corrected chi connectivity index (χ3v) is 3.54. The molecule has 0 aliphatic heterocycles. The lowest BCUT2D eigenvalue weighted by Crippen LogP contribution is -2.33. The smallest absolute Gasteiger partial charge is 0.235 e. The van der Waals surface area contributed by atoms with Crippen LogP contribution in [0.5, 0.6) is 5.75 Å². The van der Waals surface area contributed by atoms with E-state index in [4.69, 9.17) is 11.6 Å². The summed E-state index contributed by atoms with van der Waals surface area (Å²) in [6.45, 7) is 0. The first kappa shape index (κ1) is 13.0. The minimum Gasteiger partial charge on any atom is -0.492 e. The predicted octanol–water partition coefficient (Wildman–Crippen LogP) is 3.34. The first-order chi connectivity index (χ1) is 8.55. The second-order valence-corrected chi connectivity index (χ2v) is 4.56. The monoisotopic (exact) mass is 273 g/mol. The summed E-state index contributed by atoms with van der Waals surface area (Å²) < 4.78 is 32.4. The molecule has 1 aliphatic rings. The number of carbonyl (C=O) groups excluding carboxylic acids is 1. The number of hydrogen-bond donors (Lipinski definition) is 0. The van der Waals surface area contributed by atoms with E-state index in [9.17, 15) is 13.6 Å². The highest BCUT2D eigenvalue weighted by Crippen LogP contribution is 2.48. The van der Waals surface area contributed by atoms with E-state index in [1.165, 1.54) is 19.3 Å². The van der Waals surface area contributed by atoms with Crippen molar-refractivity contribution in [1.29, 1.82) is 0 Å². The van der Waals surface area contributed by atoms with Crippen molar-refractivity contribution < 1.29 is 18.3 Å². The summed E-state index contributed by atoms with van der Waals surface area (Å²) in [5.74, 6) is -2.58. The van der Waals surface area contributed by atoms with Crippen molar-refractivity contribution in [2.45, 2.75) is 24.8 Å². The molecule has 1 fully saturated rings. The van der Waals surface area contributed by atoms with Crippen LogP contribution in [0.25, 0.3) is 0 Å². The van der Waals surface area contributed by atoms with E-state index in [0.717, 1.165) is 6.42 Å². The first-order valence-electron chi connectivity index (χ1n) is 5.37. The fourth-order valence-electron chi connectivity index (χ4n) is 2.14. The van der Waals surface area contributed by atoms with E-state index in [1.54, 1.807) is 0 Å². The van der Waals surface area contributed by atoms with Gasteiger partial charge in [-0.05, 0) is 25.3 Å². The minimum atomic E-state index is -1.16. The Bertz CT molecular complexity index is 537. The van der Waals surface area contributed by atoms with Gasteiger partial charge in [0.05, 0.1) is 12.1 Å². The number of aliphatic imine (C=N–C) groups is 1. The van der Waals surface area contributed by atoms with E-state index in [0.29, 0.717) is 12.8 Å². The second kappa shape index (κ2) is 4.67. The Balaban J connectivity index is 2.62. The van der Waals surface area contributed by atoms with Gasteiger partial charge in [-0.25, -0.2) is 9.18 Å². The normalized spacial score (nSPS) is 16.7. The maximum atomic E-state index is 14.0. The van der Waals surface area contributed by atoms with Crippen molar-refractivity contribution in [2.75, 3.05) is 7.11 Å². The Hall–Kier alpha value is -1.45. The number of isocyanates is 1. The van der Waals surface area contributed by atoms with Gasteiger partial charge in [0.2, 0.25) is 11.9 Å². The quantitative estimate of drug-likeness (QED) is 0.481. The molecule has 0 aromatic heterocycles. The molecule has 0 bridgehead atoms. The van der Waals surface area contributed by atoms with Gasteiger partial charge < -0.3 is 4.74 Å². The van der Waals surface area contributed by atoms with Gasteiger partial charge >= 0.3 is 0 Å². The number of ether oxygens (including phenoxy) is 1. The molecule has 1 aromatic rings. The third-order valence-electron chi connectivity index (χ3n) is 3.26. The zero-order valence-electron chi connectivity index (χ0n) is 9.60. The summed E-state index contributed by atoms with van der Waals surface area (Å²) in [4.78, 5) is 14.0. The van der Waals surface area contributed by atoms with Crippen LogP contribution in [0.2, 0.25) is 5.02 Å². The maximum Gasteiger partial charge on any atom is 0.235 e. The molecule has 2 rings (SSSR count). The standard InChI is InChI=1S/C12H10ClF2NO2/c1-18-11-8(13)5-7(9(14)10(11)15)12(16-6-17)3-2-4-12/h5H,2-4H2,1H3. The van der Waals surface area contributed by atoms with Gasteiger partial charge in [-0.2, -0.15) is 9.38 Å². The van der Waals surface area contributed by atoms with Crippen molar-refractivity contribution in [2.24, 2.45) is 4.99 Å². The Labute approximate surface area is 107 Å². The number of nitrogens with zero attached hydrogens (tertiary/aromatic N) is 1. The number of hydrogen-bond acceptors (Lipinski definition) is 3. The highest BCUT2D eigenvalue weighted by atomic mass is 35.5. The summed E-state index contributed by atoms with van der Waals surface area (Å²) in [5, 5.41) is -0.0428. The molecular weight excluding hydrogens is 264 g/mol. The van der Waals surface area contributed by atoms with Crippen LogP contribution >= 0.6 is 11.6 Å². The van der Waals surface area contributed by atoms with Crippen molar-refractivity contribution in [3.63, 3.8) is 0 Å². The largest absolute Gasteiger partial charge is 0.492 e. The molecule has 18 heavy (non-hydrogen) atoms. The Morgan fingerprint density at radius 3 is 2.56 bits per heavy atom. The van der Waals surface area contributed by atoms with Crippen LogP contribution < -0.4 is 4.74 Å². The van der Waals surface area contributed by atoms with E-state index in [2.05, 4.69) is 9.73 Å². The average molecular weight is 274 g/mol. The lowest BCUT2D eigenvalue weighted by atomic mass is 9.72. The molecule has 0 heterocycles. The number of methoxy groups -OCH3 is 1. The predicted molar refractivity (Wildman–Crippen MR) is 61.6 cm³/mol. The van der Waals surface area contributed by atoms with Crippen LogP contribution in [0.1, 0.15) is 24.8 Å². The number of rotatable bonds is 3. The molecule has 0 unspecified atom stereocenters. The molecule has 1 aliphatic carbocycles. The topological polar surface area (TPSA) is 38.7 Å². The fraction of sp³-hybridized carbons (Fsp3) is 0.417. The van der Waals surface area contributed by atoms with Gasteiger partial charge in [0.1, 0.15) is 5.54 Å². The number of benzene rings is 1. The zero-order valence-corrected chi connectivity index (χ0v) is 10.4. The van der Waals surface area contributed by atoms with Gasteiger partial charge in [-0.3, -0.25) is 0 Å². The van der Waals surface area contributed by atoms with Crippen LogP contribution in [0.15, 0.2) is 11.1 Å². The van der Waals surface area contributed by atoms with Gasteiger partial charge in [-0.15, -0.1) is 0 Å². The van der Waals surface area contributed by atoms with E-state index in [-0.39, 0.29) is 16.3 Å². The molecule has 0 radical (unpaired) electrons. The zero-order chi connectivity index (χ0) is 13.3. The summed E-state index contributed by atoms with van der Waals surface area (Å²) in [6, 6.07) is 1.26. The summed E-state index contributed by atoms with van der Waals surface area (Å²) >= 11 is 5.82. The van der Waals surface area contributed by atoms with Crippen molar-refractivity contribution in [1.82, 2.24) is 0 Å². The maximum absolute atomic E-state index is 14.0. The Kier molecular flexibility index (Phi) is 3.37. The molecule has 3 nitrogen and oxygen atoms in total. The molecule has 96 valence electrons. The molecular formula is C12H10ClF2NO2. The van der Waals surface area contributed by atoms with Crippen LogP contribution in [0, 0.1) is 11.6 Å². The van der Waals surface area contributed by atoms with E-state index < -0.39 is 17.2 Å². The summed E-state index contributed by atoms with van der Waals surface area (Å²) in [6.07, 6.45) is 3.15. The minimum absolute atomic E-state index is 0.0135. The lowest BCUT2D eigenvalue weighted by molar-refractivity contribution is 0.243. The molecule has 0 amide bonds. The Morgan fingerprint density at radius 2 is 2.11 bits per heavy atom. The van der Waals surface area contributed by atoms with Crippen LogP contribution in [-0.2, 0) is 10.3 Å². The Morgan fingerprint density at radius 1 is 1.44 bits per heavy atom. The highest BCUT2D eigenvalue weighted by Gasteiger charge is 2.42. The van der Waals surface area contributed by atoms with Crippen molar-refractivity contribution in [3.8, 4) is 5.75 Å². The average Bonchev–Trinajstić information content (AvgIpc) is 2.29. The molecule has 0 saturated heterocycles. The molecule has 6 heteroatoms. The third kappa shape index (κ3) is 1.80. The van der Waals surface area contributed by atoms with Crippen LogP contribution in [0.3, 0.4) is 0 Å². The number of halogens is 3. The van der Waals surface area contributed by atoms with E-state index >= 15 is 0 Å². The van der Waals surface area contributed by atoms with Crippen molar-refractivity contribution in [3.05, 3.63) is 28.3 Å². The summed E-state index contributed by atoms with van der Waals surface area (Å²) in [7, 11) is 1.20. The van der Waals surface area contributed by atoms with Gasteiger partial charge in [-0.1, -0.05) is 11.6 Å². The van der Waals surface area contributed by atoms with Gasteiger partial charge in [0.15, 0.2) is 11.6 Å². The highest BCUT2D eigenvalue weighted by molar-refractivity contribution is 6.32. The summed E-state index contributed by atoms with van der Waals surface area (Å²) in [5.41, 5.74) is -1.04. The lowest BCUT2D eigenvalue weighted by Gasteiger charge is -2.37. The van der Waals surface area contributed by atoms with Crippen LogP contribution in [0.4, 0.5) is 8.78 Å². The van der Waals surface area contributed by atoms with E-state index in [1.807, 2.05) is 0 Å². The van der Waals surface area contributed by atoms with Gasteiger partial charge in [0, 0.05) is 5.56 Å². The molecule has 1 saturated carbocycles. The molecule has 1 aromatic carbocycles. The van der Waals surface area contributed by atoms with Crippen molar-refractivity contribution >= 4 is 17.7 Å². The molecule has 0 N–H and O–H groups in total. The fourth-order valence-corrected chi connectivity index (χ4v) is 2.41. The SMILES string of the molecule is COc1c(Cl)cc(C2(N=C=O)CCC2)c(F)c1F. The first-order valence-corrected chi connectivity index (χ1v) is 5.74.